The Bertz CT molecular complexity index is 472. The molecule has 1 aromatic carbocycles. The maximum Gasteiger partial charge on any atom is 0.234 e. The van der Waals surface area contributed by atoms with Crippen LogP contribution >= 0.6 is 0 Å². The lowest BCUT2D eigenvalue weighted by molar-refractivity contribution is -0.123. The van der Waals surface area contributed by atoms with Crippen LogP contribution in [0.1, 0.15) is 12.0 Å². The number of hydrogen-bond donors (Lipinski definition) is 1. The van der Waals surface area contributed by atoms with Crippen LogP contribution in [0.3, 0.4) is 0 Å². The Morgan fingerprint density at radius 1 is 1.35 bits per heavy atom. The van der Waals surface area contributed by atoms with Gasteiger partial charge in [-0.25, -0.2) is 0 Å². The molecule has 1 amide bonds. The van der Waals surface area contributed by atoms with Crippen LogP contribution < -0.4 is 10.1 Å². The average molecular weight is 276 g/mol. The predicted octanol–water partition coefficient (Wildman–Crippen LogP) is 0.786. The Labute approximate surface area is 118 Å². The monoisotopic (exact) mass is 276 g/mol. The first-order valence-electron chi connectivity index (χ1n) is 7.11. The number of para-hydroxylation sites is 1. The van der Waals surface area contributed by atoms with Crippen molar-refractivity contribution in [1.29, 1.82) is 0 Å². The summed E-state index contributed by atoms with van der Waals surface area (Å²) in [7, 11) is 0. The molecule has 5 nitrogen and oxygen atoms in total. The number of hydrogen-bond acceptors (Lipinski definition) is 4. The van der Waals surface area contributed by atoms with Crippen LogP contribution in [0.2, 0.25) is 0 Å². The standard InChI is InChI=1S/C15H20N2O3/c18-15(16-13-5-7-19-11-13)10-17-6-8-20-14-4-2-1-3-12(14)9-17/h1-4,13H,5-11H2,(H,16,18). The van der Waals surface area contributed by atoms with E-state index in [-0.39, 0.29) is 11.9 Å². The first-order chi connectivity index (χ1) is 9.81. The van der Waals surface area contributed by atoms with Gasteiger partial charge in [0.25, 0.3) is 0 Å². The van der Waals surface area contributed by atoms with Gasteiger partial charge in [-0.15, -0.1) is 0 Å². The number of carbonyl (C=O) groups is 1. The Kier molecular flexibility index (Phi) is 4.18. The highest BCUT2D eigenvalue weighted by molar-refractivity contribution is 5.78. The van der Waals surface area contributed by atoms with E-state index in [1.54, 1.807) is 0 Å². The zero-order valence-corrected chi connectivity index (χ0v) is 11.5. The lowest BCUT2D eigenvalue weighted by atomic mass is 10.2. The van der Waals surface area contributed by atoms with E-state index in [0.29, 0.717) is 19.8 Å². The van der Waals surface area contributed by atoms with Gasteiger partial charge in [-0.05, 0) is 12.5 Å². The van der Waals surface area contributed by atoms with Crippen molar-refractivity contribution in [2.75, 3.05) is 32.9 Å². The molecule has 5 heteroatoms. The minimum absolute atomic E-state index is 0.0693. The summed E-state index contributed by atoms with van der Waals surface area (Å²) >= 11 is 0. The highest BCUT2D eigenvalue weighted by Crippen LogP contribution is 2.22. The lowest BCUT2D eigenvalue weighted by Crippen LogP contribution is -2.42. The molecule has 20 heavy (non-hydrogen) atoms. The van der Waals surface area contributed by atoms with Crippen molar-refractivity contribution in [2.45, 2.75) is 19.0 Å². The molecule has 2 heterocycles. The summed E-state index contributed by atoms with van der Waals surface area (Å²) in [6.45, 7) is 3.94. The van der Waals surface area contributed by atoms with Crippen molar-refractivity contribution in [3.63, 3.8) is 0 Å². The third-order valence-corrected chi connectivity index (χ3v) is 3.69. The minimum atomic E-state index is 0.0693. The first kappa shape index (κ1) is 13.4. The second-order valence-electron chi connectivity index (χ2n) is 5.29. The molecule has 2 aliphatic heterocycles. The number of benzene rings is 1. The Morgan fingerprint density at radius 2 is 2.25 bits per heavy atom. The van der Waals surface area contributed by atoms with Gasteiger partial charge in [-0.3, -0.25) is 9.69 Å². The van der Waals surface area contributed by atoms with E-state index in [1.165, 1.54) is 0 Å². The van der Waals surface area contributed by atoms with Gasteiger partial charge in [0.2, 0.25) is 5.91 Å². The van der Waals surface area contributed by atoms with Crippen LogP contribution in [0.5, 0.6) is 5.75 Å². The van der Waals surface area contributed by atoms with Gasteiger partial charge in [-0.1, -0.05) is 18.2 Å². The summed E-state index contributed by atoms with van der Waals surface area (Å²) in [5.41, 5.74) is 1.14. The number of ether oxygens (including phenoxy) is 2. The third kappa shape index (κ3) is 3.29. The molecule has 0 aromatic heterocycles. The summed E-state index contributed by atoms with van der Waals surface area (Å²) in [5.74, 6) is 1.000. The fourth-order valence-electron chi connectivity index (χ4n) is 2.64. The molecular weight excluding hydrogens is 256 g/mol. The zero-order chi connectivity index (χ0) is 13.8. The Morgan fingerprint density at radius 3 is 3.10 bits per heavy atom. The first-order valence-corrected chi connectivity index (χ1v) is 7.11. The summed E-state index contributed by atoms with van der Waals surface area (Å²) < 4.78 is 11.0. The van der Waals surface area contributed by atoms with Crippen molar-refractivity contribution in [3.8, 4) is 5.75 Å². The van der Waals surface area contributed by atoms with E-state index < -0.39 is 0 Å². The number of carbonyl (C=O) groups excluding carboxylic acids is 1. The highest BCUT2D eigenvalue weighted by atomic mass is 16.5. The Balaban J connectivity index is 1.56. The normalized spacial score (nSPS) is 22.7. The summed E-state index contributed by atoms with van der Waals surface area (Å²) in [4.78, 5) is 14.2. The van der Waals surface area contributed by atoms with Crippen molar-refractivity contribution in [3.05, 3.63) is 29.8 Å². The van der Waals surface area contributed by atoms with Gasteiger partial charge in [0.15, 0.2) is 0 Å². The third-order valence-electron chi connectivity index (χ3n) is 3.69. The maximum atomic E-state index is 12.0. The molecule has 0 spiro atoms. The van der Waals surface area contributed by atoms with Crippen LogP contribution in [-0.4, -0.2) is 49.8 Å². The molecule has 0 aliphatic carbocycles. The van der Waals surface area contributed by atoms with Crippen LogP contribution in [0.4, 0.5) is 0 Å². The average Bonchev–Trinajstić information content (AvgIpc) is 2.85. The quantitative estimate of drug-likeness (QED) is 0.886. The smallest absolute Gasteiger partial charge is 0.234 e. The van der Waals surface area contributed by atoms with E-state index >= 15 is 0 Å². The van der Waals surface area contributed by atoms with Crippen LogP contribution in [0.15, 0.2) is 24.3 Å². The van der Waals surface area contributed by atoms with Crippen LogP contribution in [0.25, 0.3) is 0 Å². The summed E-state index contributed by atoms with van der Waals surface area (Å²) in [6.07, 6.45) is 0.914. The van der Waals surface area contributed by atoms with E-state index in [9.17, 15) is 4.79 Å². The molecule has 108 valence electrons. The van der Waals surface area contributed by atoms with Gasteiger partial charge < -0.3 is 14.8 Å². The second kappa shape index (κ2) is 6.24. The molecule has 1 fully saturated rings. The lowest BCUT2D eigenvalue weighted by Gasteiger charge is -2.20. The number of rotatable bonds is 3. The van der Waals surface area contributed by atoms with Crippen molar-refractivity contribution in [1.82, 2.24) is 10.2 Å². The largest absolute Gasteiger partial charge is 0.492 e. The van der Waals surface area contributed by atoms with E-state index in [4.69, 9.17) is 9.47 Å². The van der Waals surface area contributed by atoms with Gasteiger partial charge >= 0.3 is 0 Å². The fourth-order valence-corrected chi connectivity index (χ4v) is 2.64. The number of nitrogens with one attached hydrogen (secondary N) is 1. The molecule has 1 aromatic rings. The van der Waals surface area contributed by atoms with Crippen LogP contribution in [-0.2, 0) is 16.1 Å². The van der Waals surface area contributed by atoms with Gasteiger partial charge in [0, 0.05) is 25.3 Å². The molecule has 0 saturated carbocycles. The molecule has 3 rings (SSSR count). The van der Waals surface area contributed by atoms with Crippen LogP contribution in [0, 0.1) is 0 Å². The topological polar surface area (TPSA) is 50.8 Å². The minimum Gasteiger partial charge on any atom is -0.492 e. The zero-order valence-electron chi connectivity index (χ0n) is 11.5. The molecule has 2 aliphatic rings. The summed E-state index contributed by atoms with van der Waals surface area (Å²) in [5, 5.41) is 3.02. The van der Waals surface area contributed by atoms with E-state index in [2.05, 4.69) is 16.3 Å². The number of fused-ring (bicyclic) bond motifs is 1. The molecule has 1 saturated heterocycles. The predicted molar refractivity (Wildman–Crippen MR) is 74.6 cm³/mol. The summed E-state index contributed by atoms with van der Waals surface area (Å²) in [6, 6.07) is 8.19. The van der Waals surface area contributed by atoms with Crippen molar-refractivity contribution < 1.29 is 14.3 Å². The van der Waals surface area contributed by atoms with Crippen molar-refractivity contribution >= 4 is 5.91 Å². The molecule has 0 radical (unpaired) electrons. The molecule has 1 N–H and O–H groups in total. The van der Waals surface area contributed by atoms with E-state index in [0.717, 1.165) is 37.4 Å². The maximum absolute atomic E-state index is 12.0. The van der Waals surface area contributed by atoms with Gasteiger partial charge in [0.05, 0.1) is 19.2 Å². The number of nitrogens with zero attached hydrogens (tertiary/aromatic N) is 1. The molecule has 1 unspecified atom stereocenters. The number of amides is 1. The van der Waals surface area contributed by atoms with Crippen molar-refractivity contribution in [2.24, 2.45) is 0 Å². The SMILES string of the molecule is O=C(CN1CCOc2ccccc2C1)NC1CCOC1. The second-order valence-corrected chi connectivity index (χ2v) is 5.29. The molecule has 0 bridgehead atoms. The van der Waals surface area contributed by atoms with Gasteiger partial charge in [0.1, 0.15) is 12.4 Å². The fraction of sp³-hybridized carbons (Fsp3) is 0.533. The van der Waals surface area contributed by atoms with Gasteiger partial charge in [-0.2, -0.15) is 0 Å². The molecular formula is C15H20N2O3. The van der Waals surface area contributed by atoms with E-state index in [1.807, 2.05) is 18.2 Å². The molecule has 1 atom stereocenters. The Hall–Kier alpha value is -1.59. The highest BCUT2D eigenvalue weighted by Gasteiger charge is 2.21.